The number of carbonyl (C=O) groups excluding carboxylic acids is 3. The van der Waals surface area contributed by atoms with Gasteiger partial charge in [0.05, 0.1) is 0 Å². The van der Waals surface area contributed by atoms with Crippen LogP contribution in [0.4, 0.5) is 0 Å². The number of hydrogen-bond donors (Lipinski definition) is 0. The van der Waals surface area contributed by atoms with Crippen molar-refractivity contribution in [2.75, 3.05) is 0 Å². The summed E-state index contributed by atoms with van der Waals surface area (Å²) in [4.78, 5) is 33.1. The number of ketones is 1. The average molecular weight is 200 g/mol. The Morgan fingerprint density at radius 3 is 2.14 bits per heavy atom. The zero-order valence-electron chi connectivity index (χ0n) is 8.83. The molecule has 0 N–H and O–H groups in total. The van der Waals surface area contributed by atoms with Gasteiger partial charge in [-0.15, -0.1) is 0 Å². The van der Waals surface area contributed by atoms with Gasteiger partial charge in [0, 0.05) is 6.42 Å². The molecule has 1 atom stereocenters. The summed E-state index contributed by atoms with van der Waals surface area (Å²) in [5.41, 5.74) is 0. The Labute approximate surface area is 83.6 Å². The second-order valence-electron chi connectivity index (χ2n) is 3.11. The molecular formula is C10H16O4. The molecule has 0 heterocycles. The van der Waals surface area contributed by atoms with Crippen molar-refractivity contribution in [2.24, 2.45) is 5.92 Å². The largest absolute Gasteiger partial charge is 0.393 e. The fourth-order valence-electron chi connectivity index (χ4n) is 1.06. The highest BCUT2D eigenvalue weighted by molar-refractivity contribution is 6.01. The van der Waals surface area contributed by atoms with E-state index in [1.54, 1.807) is 6.92 Å². The summed E-state index contributed by atoms with van der Waals surface area (Å²) < 4.78 is 4.51. The predicted molar refractivity (Wildman–Crippen MR) is 50.5 cm³/mol. The van der Waals surface area contributed by atoms with Crippen molar-refractivity contribution in [3.05, 3.63) is 0 Å². The van der Waals surface area contributed by atoms with Gasteiger partial charge >= 0.3 is 11.9 Å². The molecule has 0 aromatic carbocycles. The maximum atomic E-state index is 11.2. The van der Waals surface area contributed by atoms with E-state index in [-0.39, 0.29) is 12.2 Å². The molecule has 0 bridgehead atoms. The Bertz CT molecular complexity index is 232. The van der Waals surface area contributed by atoms with Crippen LogP contribution in [0.1, 0.15) is 40.0 Å². The van der Waals surface area contributed by atoms with Crippen molar-refractivity contribution in [1.82, 2.24) is 0 Å². The third-order valence-electron chi connectivity index (χ3n) is 1.85. The molecule has 0 fully saturated rings. The molecule has 0 radical (unpaired) electrons. The van der Waals surface area contributed by atoms with Crippen LogP contribution in [0.25, 0.3) is 0 Å². The van der Waals surface area contributed by atoms with Crippen molar-refractivity contribution in [3.63, 3.8) is 0 Å². The Hall–Kier alpha value is -1.19. The molecule has 0 aliphatic heterocycles. The summed E-state index contributed by atoms with van der Waals surface area (Å²) in [6, 6.07) is 0. The van der Waals surface area contributed by atoms with Crippen LogP contribution in [-0.2, 0) is 19.1 Å². The lowest BCUT2D eigenvalue weighted by Crippen LogP contribution is -2.25. The number of Topliss-reactive ketones (excluding diaryl/α,β-unsaturated/α-hetero) is 1. The van der Waals surface area contributed by atoms with Gasteiger partial charge in [0.15, 0.2) is 0 Å². The molecule has 0 saturated heterocycles. The first kappa shape index (κ1) is 12.8. The van der Waals surface area contributed by atoms with Gasteiger partial charge < -0.3 is 4.74 Å². The predicted octanol–water partition coefficient (Wildman–Crippen LogP) is 1.47. The molecule has 0 aromatic heterocycles. The topological polar surface area (TPSA) is 60.4 Å². The maximum absolute atomic E-state index is 11.2. The maximum Gasteiger partial charge on any atom is 0.324 e. The molecule has 0 amide bonds. The molecule has 0 aliphatic rings. The first-order valence-electron chi connectivity index (χ1n) is 4.77. The zero-order valence-corrected chi connectivity index (χ0v) is 8.83. The molecule has 1 unspecified atom stereocenters. The van der Waals surface area contributed by atoms with Crippen molar-refractivity contribution in [2.45, 2.75) is 40.0 Å². The Kier molecular flexibility index (Phi) is 5.76. The number of esters is 2. The van der Waals surface area contributed by atoms with E-state index in [0.29, 0.717) is 12.8 Å². The van der Waals surface area contributed by atoms with E-state index < -0.39 is 17.9 Å². The van der Waals surface area contributed by atoms with Crippen LogP contribution >= 0.6 is 0 Å². The summed E-state index contributed by atoms with van der Waals surface area (Å²) in [5, 5.41) is 0. The quantitative estimate of drug-likeness (QED) is 0.498. The van der Waals surface area contributed by atoms with Crippen molar-refractivity contribution < 1.29 is 19.1 Å². The molecule has 0 saturated carbocycles. The van der Waals surface area contributed by atoms with E-state index in [4.69, 9.17) is 0 Å². The van der Waals surface area contributed by atoms with Gasteiger partial charge in [0.25, 0.3) is 0 Å². The van der Waals surface area contributed by atoms with Gasteiger partial charge in [-0.05, 0) is 19.8 Å². The molecule has 80 valence electrons. The lowest BCUT2D eigenvalue weighted by atomic mass is 10.0. The summed E-state index contributed by atoms with van der Waals surface area (Å²) in [5.74, 6) is -2.34. The minimum Gasteiger partial charge on any atom is -0.393 e. The van der Waals surface area contributed by atoms with Crippen molar-refractivity contribution in [3.8, 4) is 0 Å². The first-order valence-corrected chi connectivity index (χ1v) is 4.77. The van der Waals surface area contributed by atoms with Crippen LogP contribution in [0.3, 0.4) is 0 Å². The highest BCUT2D eigenvalue weighted by Crippen LogP contribution is 2.07. The normalized spacial score (nSPS) is 11.9. The van der Waals surface area contributed by atoms with E-state index in [1.165, 1.54) is 6.92 Å². The molecule has 0 rings (SSSR count). The highest BCUT2D eigenvalue weighted by atomic mass is 16.6. The second-order valence-corrected chi connectivity index (χ2v) is 3.11. The van der Waals surface area contributed by atoms with E-state index in [0.717, 1.165) is 0 Å². The minimum absolute atomic E-state index is 0.208. The van der Waals surface area contributed by atoms with Crippen molar-refractivity contribution in [1.29, 1.82) is 0 Å². The first-order chi connectivity index (χ1) is 6.52. The standard InChI is InChI=1S/C10H16O4/c1-4-6-9(12)14-10(13)8(5-2)7(3)11/h8H,4-6H2,1-3H3. The third-order valence-corrected chi connectivity index (χ3v) is 1.85. The number of hydrogen-bond acceptors (Lipinski definition) is 4. The van der Waals surface area contributed by atoms with E-state index in [1.807, 2.05) is 6.92 Å². The molecule has 4 heteroatoms. The van der Waals surface area contributed by atoms with Crippen LogP contribution < -0.4 is 0 Å². The van der Waals surface area contributed by atoms with Crippen LogP contribution in [-0.4, -0.2) is 17.7 Å². The van der Waals surface area contributed by atoms with E-state index in [2.05, 4.69) is 4.74 Å². The number of carbonyl (C=O) groups is 3. The molecule has 0 aromatic rings. The van der Waals surface area contributed by atoms with Gasteiger partial charge in [-0.2, -0.15) is 0 Å². The number of rotatable bonds is 5. The molecule has 0 aliphatic carbocycles. The fraction of sp³-hybridized carbons (Fsp3) is 0.700. The monoisotopic (exact) mass is 200 g/mol. The SMILES string of the molecule is CCCC(=O)OC(=O)C(CC)C(C)=O. The van der Waals surface area contributed by atoms with Gasteiger partial charge in [-0.25, -0.2) is 0 Å². The second kappa shape index (κ2) is 6.29. The minimum atomic E-state index is -0.796. The summed E-state index contributed by atoms with van der Waals surface area (Å²) in [6.07, 6.45) is 1.20. The number of ether oxygens (including phenoxy) is 1. The van der Waals surface area contributed by atoms with Crippen molar-refractivity contribution >= 4 is 17.7 Å². The third kappa shape index (κ3) is 4.16. The molecular weight excluding hydrogens is 184 g/mol. The smallest absolute Gasteiger partial charge is 0.324 e. The summed E-state index contributed by atoms with van der Waals surface area (Å²) in [6.45, 7) is 4.84. The molecule has 14 heavy (non-hydrogen) atoms. The van der Waals surface area contributed by atoms with Gasteiger partial charge in [0.1, 0.15) is 11.7 Å². The van der Waals surface area contributed by atoms with Crippen LogP contribution in [0, 0.1) is 5.92 Å². The van der Waals surface area contributed by atoms with Crippen LogP contribution in [0.15, 0.2) is 0 Å². The zero-order chi connectivity index (χ0) is 11.1. The Morgan fingerprint density at radius 1 is 1.21 bits per heavy atom. The fourth-order valence-corrected chi connectivity index (χ4v) is 1.06. The van der Waals surface area contributed by atoms with E-state index >= 15 is 0 Å². The van der Waals surface area contributed by atoms with Gasteiger partial charge in [0.2, 0.25) is 0 Å². The summed E-state index contributed by atoms with van der Waals surface area (Å²) in [7, 11) is 0. The molecule has 0 spiro atoms. The highest BCUT2D eigenvalue weighted by Gasteiger charge is 2.24. The lowest BCUT2D eigenvalue weighted by Gasteiger charge is -2.08. The van der Waals surface area contributed by atoms with Gasteiger partial charge in [-0.1, -0.05) is 13.8 Å². The van der Waals surface area contributed by atoms with E-state index in [9.17, 15) is 14.4 Å². The lowest BCUT2D eigenvalue weighted by molar-refractivity contribution is -0.163. The molecule has 4 nitrogen and oxygen atoms in total. The Morgan fingerprint density at radius 2 is 1.79 bits per heavy atom. The summed E-state index contributed by atoms with van der Waals surface area (Å²) >= 11 is 0. The van der Waals surface area contributed by atoms with Crippen LogP contribution in [0.2, 0.25) is 0 Å². The van der Waals surface area contributed by atoms with Gasteiger partial charge in [-0.3, -0.25) is 14.4 Å². The Balaban J connectivity index is 4.18. The van der Waals surface area contributed by atoms with Crippen LogP contribution in [0.5, 0.6) is 0 Å². The average Bonchev–Trinajstić information content (AvgIpc) is 2.04.